The third kappa shape index (κ3) is 6.61. The molecule has 2 heterocycles. The van der Waals surface area contributed by atoms with Crippen LogP contribution < -0.4 is 10.2 Å². The van der Waals surface area contributed by atoms with E-state index in [0.29, 0.717) is 24.0 Å². The number of thiophene rings is 1. The number of rotatable bonds is 6. The van der Waals surface area contributed by atoms with E-state index in [1.807, 2.05) is 20.8 Å². The third-order valence-electron chi connectivity index (χ3n) is 6.37. The molecule has 2 atom stereocenters. The van der Waals surface area contributed by atoms with Gasteiger partial charge in [0.2, 0.25) is 11.8 Å². The summed E-state index contributed by atoms with van der Waals surface area (Å²) in [6, 6.07) is 0.694. The van der Waals surface area contributed by atoms with Crippen molar-refractivity contribution in [3.63, 3.8) is 0 Å². The molecule has 2 N–H and O–H groups in total. The summed E-state index contributed by atoms with van der Waals surface area (Å²) in [5.41, 5.74) is 0.00269. The number of hydrogen-bond acceptors (Lipinski definition) is 5. The molecule has 8 heteroatoms. The number of amides is 2. The Balaban J connectivity index is 1.98. The van der Waals surface area contributed by atoms with Crippen molar-refractivity contribution in [2.75, 3.05) is 18.1 Å². The lowest BCUT2D eigenvalue weighted by molar-refractivity contribution is -0.129. The van der Waals surface area contributed by atoms with Crippen LogP contribution in [0.3, 0.4) is 0 Å². The standard InChI is InChI=1S/C26H36N2O5S/c1-16-6-8-18(9-7-16)24(30)28(17(2)23(29)27-19-11-13-33-15-19)21-14-20(10-12-26(3,4)5)34-22(21)25(31)32/h14,16-19H,6-9,11,13,15H2,1-5H3,(H,27,29)(H,31,32)/t16?,17-,18?,19?/m0/s1. The SMILES string of the molecule is CC1CCC(C(=O)N(c2cc(C#CC(C)(C)C)sc2C(=O)O)[C@@H](C)C(=O)NC2CCOC2)CC1. The summed E-state index contributed by atoms with van der Waals surface area (Å²) < 4.78 is 5.36. The fourth-order valence-corrected chi connectivity index (χ4v) is 5.18. The van der Waals surface area contributed by atoms with Crippen LogP contribution in [-0.4, -0.2) is 48.2 Å². The molecule has 7 nitrogen and oxygen atoms in total. The van der Waals surface area contributed by atoms with E-state index in [1.54, 1.807) is 13.0 Å². The Morgan fingerprint density at radius 3 is 2.44 bits per heavy atom. The maximum atomic E-state index is 13.8. The van der Waals surface area contributed by atoms with Crippen molar-refractivity contribution in [1.29, 1.82) is 0 Å². The predicted octanol–water partition coefficient (Wildman–Crippen LogP) is 4.30. The van der Waals surface area contributed by atoms with Crippen LogP contribution in [0.5, 0.6) is 0 Å². The van der Waals surface area contributed by atoms with Crippen molar-refractivity contribution in [2.45, 2.75) is 78.8 Å². The highest BCUT2D eigenvalue weighted by Gasteiger charge is 2.37. The molecular weight excluding hydrogens is 452 g/mol. The van der Waals surface area contributed by atoms with Crippen LogP contribution in [0.2, 0.25) is 0 Å². The lowest BCUT2D eigenvalue weighted by atomic mass is 9.82. The van der Waals surface area contributed by atoms with E-state index < -0.39 is 12.0 Å². The van der Waals surface area contributed by atoms with Crippen LogP contribution in [-0.2, 0) is 14.3 Å². The Kier molecular flexibility index (Phi) is 8.43. The molecular formula is C26H36N2O5S. The third-order valence-corrected chi connectivity index (χ3v) is 7.40. The van der Waals surface area contributed by atoms with Gasteiger partial charge < -0.3 is 15.2 Å². The maximum absolute atomic E-state index is 13.8. The van der Waals surface area contributed by atoms with Gasteiger partial charge in [-0.05, 0) is 71.8 Å². The first-order chi connectivity index (χ1) is 16.0. The Hall–Kier alpha value is -2.37. The summed E-state index contributed by atoms with van der Waals surface area (Å²) in [5, 5.41) is 12.9. The van der Waals surface area contributed by atoms with Crippen molar-refractivity contribution in [3.8, 4) is 11.8 Å². The summed E-state index contributed by atoms with van der Waals surface area (Å²) in [5.74, 6) is 4.89. The first-order valence-electron chi connectivity index (χ1n) is 12.1. The van der Waals surface area contributed by atoms with Crippen LogP contribution >= 0.6 is 11.3 Å². The van der Waals surface area contributed by atoms with Gasteiger partial charge in [0, 0.05) is 17.9 Å². The van der Waals surface area contributed by atoms with E-state index in [-0.39, 0.29) is 39.8 Å². The van der Waals surface area contributed by atoms with Gasteiger partial charge in [-0.3, -0.25) is 14.5 Å². The molecule has 1 aromatic heterocycles. The molecule has 0 bridgehead atoms. The van der Waals surface area contributed by atoms with Gasteiger partial charge in [-0.25, -0.2) is 4.79 Å². The van der Waals surface area contributed by atoms with Crippen LogP contribution in [0.15, 0.2) is 6.07 Å². The second-order valence-corrected chi connectivity index (χ2v) is 11.6. The zero-order chi connectivity index (χ0) is 25.0. The molecule has 2 fully saturated rings. The van der Waals surface area contributed by atoms with Gasteiger partial charge in [0.1, 0.15) is 10.9 Å². The number of nitrogens with one attached hydrogen (secondary N) is 1. The number of hydrogen-bond donors (Lipinski definition) is 2. The van der Waals surface area contributed by atoms with Gasteiger partial charge in [-0.15, -0.1) is 11.3 Å². The highest BCUT2D eigenvalue weighted by molar-refractivity contribution is 7.15. The van der Waals surface area contributed by atoms with Crippen molar-refractivity contribution in [2.24, 2.45) is 17.3 Å². The maximum Gasteiger partial charge on any atom is 0.348 e. The molecule has 0 spiro atoms. The summed E-state index contributed by atoms with van der Waals surface area (Å²) in [6.45, 7) is 10.8. The van der Waals surface area contributed by atoms with E-state index in [9.17, 15) is 19.5 Å². The molecule has 0 radical (unpaired) electrons. The molecule has 1 saturated heterocycles. The van der Waals surface area contributed by atoms with Crippen LogP contribution in [0.25, 0.3) is 0 Å². The number of ether oxygens (including phenoxy) is 1. The van der Waals surface area contributed by atoms with Crippen molar-refractivity contribution >= 4 is 34.8 Å². The quantitative estimate of drug-likeness (QED) is 0.582. The molecule has 34 heavy (non-hydrogen) atoms. The van der Waals surface area contributed by atoms with E-state index in [1.165, 1.54) is 4.90 Å². The largest absolute Gasteiger partial charge is 0.477 e. The van der Waals surface area contributed by atoms with E-state index in [0.717, 1.165) is 43.4 Å². The predicted molar refractivity (Wildman–Crippen MR) is 133 cm³/mol. The molecule has 1 aromatic rings. The Morgan fingerprint density at radius 2 is 1.88 bits per heavy atom. The molecule has 0 aromatic carbocycles. The minimum Gasteiger partial charge on any atom is -0.477 e. The Bertz CT molecular complexity index is 970. The average Bonchev–Trinajstić information content (AvgIpc) is 3.42. The first kappa shape index (κ1) is 26.2. The lowest BCUT2D eigenvalue weighted by Crippen LogP contribution is -2.52. The lowest BCUT2D eigenvalue weighted by Gasteiger charge is -2.34. The molecule has 2 amide bonds. The van der Waals surface area contributed by atoms with E-state index in [2.05, 4.69) is 24.1 Å². The monoisotopic (exact) mass is 488 g/mol. The van der Waals surface area contributed by atoms with Gasteiger partial charge in [0.15, 0.2) is 0 Å². The molecule has 2 aliphatic rings. The summed E-state index contributed by atoms with van der Waals surface area (Å²) in [4.78, 5) is 41.1. The number of nitrogens with zero attached hydrogens (tertiary/aromatic N) is 1. The zero-order valence-corrected chi connectivity index (χ0v) is 21.6. The first-order valence-corrected chi connectivity index (χ1v) is 12.9. The van der Waals surface area contributed by atoms with E-state index in [4.69, 9.17) is 4.74 Å². The number of carboxylic acid groups (broad SMARTS) is 1. The smallest absolute Gasteiger partial charge is 0.348 e. The normalized spacial score (nSPS) is 23.5. The van der Waals surface area contributed by atoms with E-state index >= 15 is 0 Å². The molecule has 1 saturated carbocycles. The number of anilines is 1. The number of carbonyl (C=O) groups excluding carboxylic acids is 2. The Morgan fingerprint density at radius 1 is 1.21 bits per heavy atom. The van der Waals surface area contributed by atoms with Gasteiger partial charge in [-0.1, -0.05) is 18.8 Å². The van der Waals surface area contributed by atoms with Crippen molar-refractivity contribution in [1.82, 2.24) is 5.32 Å². The zero-order valence-electron chi connectivity index (χ0n) is 20.8. The molecule has 186 valence electrons. The minimum atomic E-state index is -1.13. The fraction of sp³-hybridized carbons (Fsp3) is 0.654. The number of carboxylic acids is 1. The molecule has 3 rings (SSSR count). The van der Waals surface area contributed by atoms with Crippen LogP contribution in [0.1, 0.15) is 81.3 Å². The van der Waals surface area contributed by atoms with Crippen molar-refractivity contribution in [3.05, 3.63) is 15.8 Å². The fourth-order valence-electron chi connectivity index (χ4n) is 4.33. The highest BCUT2D eigenvalue weighted by Crippen LogP contribution is 2.36. The van der Waals surface area contributed by atoms with Gasteiger partial charge in [0.25, 0.3) is 0 Å². The summed E-state index contributed by atoms with van der Waals surface area (Å²) in [7, 11) is 0. The molecule has 1 aliphatic carbocycles. The second kappa shape index (κ2) is 10.9. The highest BCUT2D eigenvalue weighted by atomic mass is 32.1. The topological polar surface area (TPSA) is 95.9 Å². The average molecular weight is 489 g/mol. The summed E-state index contributed by atoms with van der Waals surface area (Å²) >= 11 is 1.04. The van der Waals surface area contributed by atoms with Gasteiger partial charge in [-0.2, -0.15) is 0 Å². The number of aromatic carboxylic acids is 1. The minimum absolute atomic E-state index is 0.0274. The van der Waals surface area contributed by atoms with Crippen molar-refractivity contribution < 1.29 is 24.2 Å². The van der Waals surface area contributed by atoms with Gasteiger partial charge >= 0.3 is 5.97 Å². The van der Waals surface area contributed by atoms with Crippen LogP contribution in [0.4, 0.5) is 5.69 Å². The molecule has 1 unspecified atom stereocenters. The van der Waals surface area contributed by atoms with Gasteiger partial charge in [0.05, 0.1) is 23.2 Å². The number of carbonyl (C=O) groups is 3. The molecule has 1 aliphatic heterocycles. The summed E-state index contributed by atoms with van der Waals surface area (Å²) in [6.07, 6.45) is 4.09. The second-order valence-electron chi connectivity index (χ2n) is 10.5. The Labute approximate surface area is 206 Å². The van der Waals surface area contributed by atoms with Crippen LogP contribution in [0, 0.1) is 29.1 Å².